The highest BCUT2D eigenvalue weighted by Crippen LogP contribution is 2.33. The highest BCUT2D eigenvalue weighted by atomic mass is 79.9. The van der Waals surface area contributed by atoms with Crippen molar-refractivity contribution in [1.82, 2.24) is 9.62 Å². The van der Waals surface area contributed by atoms with Gasteiger partial charge in [-0.25, -0.2) is 8.42 Å². The molecule has 1 aliphatic heterocycles. The molecule has 1 fully saturated rings. The molecule has 0 aromatic carbocycles. The van der Waals surface area contributed by atoms with Gasteiger partial charge in [0.1, 0.15) is 4.21 Å². The third-order valence-electron chi connectivity index (χ3n) is 4.04. The zero-order valence-corrected chi connectivity index (χ0v) is 15.7. The maximum Gasteiger partial charge on any atom is 0.253 e. The van der Waals surface area contributed by atoms with Crippen molar-refractivity contribution in [3.63, 3.8) is 0 Å². The van der Waals surface area contributed by atoms with Crippen molar-refractivity contribution < 1.29 is 8.42 Å². The van der Waals surface area contributed by atoms with Crippen molar-refractivity contribution in [3.05, 3.63) is 15.9 Å². The maximum atomic E-state index is 12.7. The van der Waals surface area contributed by atoms with Crippen molar-refractivity contribution in [2.24, 2.45) is 5.92 Å². The number of halogens is 1. The molecule has 0 bridgehead atoms. The number of thiophene rings is 1. The first-order valence-electron chi connectivity index (χ1n) is 7.47. The molecular formula is C14H23BrN2O2S2. The van der Waals surface area contributed by atoms with E-state index in [1.807, 2.05) is 5.38 Å². The minimum Gasteiger partial charge on any atom is -0.314 e. The lowest BCUT2D eigenvalue weighted by atomic mass is 9.91. The molecule has 1 aromatic heterocycles. The number of hydrogen-bond acceptors (Lipinski definition) is 4. The largest absolute Gasteiger partial charge is 0.314 e. The lowest BCUT2D eigenvalue weighted by Gasteiger charge is -2.37. The van der Waals surface area contributed by atoms with E-state index in [9.17, 15) is 8.42 Å². The molecule has 2 heterocycles. The first kappa shape index (κ1) is 17.4. The van der Waals surface area contributed by atoms with Crippen LogP contribution >= 0.6 is 27.3 Å². The van der Waals surface area contributed by atoms with E-state index in [4.69, 9.17) is 0 Å². The Balaban J connectivity index is 2.11. The first-order chi connectivity index (χ1) is 10.0. The summed E-state index contributed by atoms with van der Waals surface area (Å²) in [6.45, 7) is 6.52. The van der Waals surface area contributed by atoms with Gasteiger partial charge in [-0.2, -0.15) is 4.31 Å². The Kier molecular flexibility index (Phi) is 6.25. The van der Waals surface area contributed by atoms with Gasteiger partial charge in [-0.05, 0) is 52.7 Å². The summed E-state index contributed by atoms with van der Waals surface area (Å²) >= 11 is 4.62. The molecule has 120 valence electrons. The molecule has 0 spiro atoms. The van der Waals surface area contributed by atoms with Crippen molar-refractivity contribution in [2.75, 3.05) is 19.6 Å². The summed E-state index contributed by atoms with van der Waals surface area (Å²) in [5, 5.41) is 5.37. The molecule has 0 saturated carbocycles. The minimum absolute atomic E-state index is 0.388. The molecular weight excluding hydrogens is 372 g/mol. The molecule has 2 unspecified atom stereocenters. The predicted octanol–water partition coefficient (Wildman–Crippen LogP) is 3.30. The lowest BCUT2D eigenvalue weighted by molar-refractivity contribution is 0.202. The summed E-state index contributed by atoms with van der Waals surface area (Å²) < 4.78 is 28.2. The first-order valence-corrected chi connectivity index (χ1v) is 10.6. The van der Waals surface area contributed by atoms with Crippen LogP contribution in [0, 0.1) is 5.92 Å². The summed E-state index contributed by atoms with van der Waals surface area (Å²) in [6.07, 6.45) is 3.00. The molecule has 1 saturated heterocycles. The summed E-state index contributed by atoms with van der Waals surface area (Å²) in [5.74, 6) is 0.388. The van der Waals surface area contributed by atoms with Crippen LogP contribution < -0.4 is 5.32 Å². The second-order valence-electron chi connectivity index (χ2n) is 5.44. The Hall–Kier alpha value is 0.0500. The van der Waals surface area contributed by atoms with E-state index in [0.29, 0.717) is 33.7 Å². The van der Waals surface area contributed by atoms with E-state index < -0.39 is 10.0 Å². The summed E-state index contributed by atoms with van der Waals surface area (Å²) in [5.41, 5.74) is 0. The third-order valence-corrected chi connectivity index (χ3v) is 8.55. The van der Waals surface area contributed by atoms with Gasteiger partial charge < -0.3 is 5.32 Å². The van der Waals surface area contributed by atoms with Crippen LogP contribution in [0.5, 0.6) is 0 Å². The summed E-state index contributed by atoms with van der Waals surface area (Å²) in [4.78, 5) is 0. The Morgan fingerprint density at radius 3 is 2.81 bits per heavy atom. The van der Waals surface area contributed by atoms with Gasteiger partial charge in [0, 0.05) is 23.6 Å². The monoisotopic (exact) mass is 394 g/mol. The Labute approximate surface area is 140 Å². The minimum atomic E-state index is -3.36. The van der Waals surface area contributed by atoms with Crippen LogP contribution in [0.3, 0.4) is 0 Å². The van der Waals surface area contributed by atoms with Gasteiger partial charge in [0.05, 0.1) is 0 Å². The zero-order valence-electron chi connectivity index (χ0n) is 12.5. The molecule has 1 N–H and O–H groups in total. The highest BCUT2D eigenvalue weighted by molar-refractivity contribution is 9.10. The lowest BCUT2D eigenvalue weighted by Crippen LogP contribution is -2.50. The fourth-order valence-corrected chi connectivity index (χ4v) is 6.77. The van der Waals surface area contributed by atoms with E-state index in [-0.39, 0.29) is 0 Å². The normalized spacial score (nSPS) is 24.3. The molecule has 2 rings (SSSR count). The molecule has 0 amide bonds. The highest BCUT2D eigenvalue weighted by Gasteiger charge is 2.35. The average Bonchev–Trinajstić information content (AvgIpc) is 2.91. The van der Waals surface area contributed by atoms with Crippen LogP contribution in [-0.2, 0) is 10.0 Å². The molecule has 1 aliphatic rings. The zero-order chi connectivity index (χ0) is 15.5. The van der Waals surface area contributed by atoms with Gasteiger partial charge in [-0.3, -0.25) is 0 Å². The van der Waals surface area contributed by atoms with Crippen LogP contribution in [-0.4, -0.2) is 38.4 Å². The standard InChI is InChI=1S/C14H23BrN2O2S2/c1-3-7-16-13-5-8-17(10-11(13)4-2)21(18,19)14-12(15)6-9-20-14/h6,9,11,13,16H,3-5,7-8,10H2,1-2H3. The number of rotatable bonds is 6. The maximum absolute atomic E-state index is 12.7. The predicted molar refractivity (Wildman–Crippen MR) is 91.3 cm³/mol. The fourth-order valence-electron chi connectivity index (χ4n) is 2.81. The number of nitrogens with zero attached hydrogens (tertiary/aromatic N) is 1. The molecule has 7 heteroatoms. The molecule has 0 aliphatic carbocycles. The van der Waals surface area contributed by atoms with Gasteiger partial charge in [0.15, 0.2) is 0 Å². The van der Waals surface area contributed by atoms with Crippen molar-refractivity contribution in [2.45, 2.75) is 43.4 Å². The van der Waals surface area contributed by atoms with E-state index >= 15 is 0 Å². The second kappa shape index (κ2) is 7.55. The SMILES string of the molecule is CCCNC1CCN(S(=O)(=O)c2sccc2Br)CC1CC. The Morgan fingerprint density at radius 1 is 1.48 bits per heavy atom. The van der Waals surface area contributed by atoms with Crippen molar-refractivity contribution >= 4 is 37.3 Å². The molecule has 0 radical (unpaired) electrons. The van der Waals surface area contributed by atoms with Crippen molar-refractivity contribution in [1.29, 1.82) is 0 Å². The quantitative estimate of drug-likeness (QED) is 0.804. The average molecular weight is 395 g/mol. The Morgan fingerprint density at radius 2 is 2.24 bits per heavy atom. The smallest absolute Gasteiger partial charge is 0.253 e. The van der Waals surface area contributed by atoms with Crippen molar-refractivity contribution in [3.8, 4) is 0 Å². The summed E-state index contributed by atoms with van der Waals surface area (Å²) in [6, 6.07) is 2.23. The number of piperidine rings is 1. The Bertz CT molecular complexity index is 559. The number of hydrogen-bond donors (Lipinski definition) is 1. The van der Waals surface area contributed by atoms with E-state index in [1.165, 1.54) is 11.3 Å². The number of sulfonamides is 1. The fraction of sp³-hybridized carbons (Fsp3) is 0.714. The van der Waals surface area contributed by atoms with E-state index in [1.54, 1.807) is 10.4 Å². The van der Waals surface area contributed by atoms with Gasteiger partial charge >= 0.3 is 0 Å². The van der Waals surface area contributed by atoms with Gasteiger partial charge in [-0.1, -0.05) is 20.3 Å². The van der Waals surface area contributed by atoms with E-state index in [0.717, 1.165) is 25.8 Å². The topological polar surface area (TPSA) is 49.4 Å². The molecule has 21 heavy (non-hydrogen) atoms. The van der Waals surface area contributed by atoms with Crippen LogP contribution in [0.25, 0.3) is 0 Å². The third kappa shape index (κ3) is 3.88. The van der Waals surface area contributed by atoms with E-state index in [2.05, 4.69) is 35.1 Å². The summed E-state index contributed by atoms with van der Waals surface area (Å²) in [7, 11) is -3.36. The molecule has 4 nitrogen and oxygen atoms in total. The number of nitrogens with one attached hydrogen (secondary N) is 1. The molecule has 1 aromatic rings. The van der Waals surface area contributed by atoms with Crippen LogP contribution in [0.15, 0.2) is 20.1 Å². The second-order valence-corrected chi connectivity index (χ2v) is 9.34. The van der Waals surface area contributed by atoms with Gasteiger partial charge in [0.25, 0.3) is 10.0 Å². The van der Waals surface area contributed by atoms with Gasteiger partial charge in [-0.15, -0.1) is 11.3 Å². The molecule has 2 atom stereocenters. The van der Waals surface area contributed by atoms with Crippen LogP contribution in [0.1, 0.15) is 33.1 Å². The van der Waals surface area contributed by atoms with Crippen LogP contribution in [0.4, 0.5) is 0 Å². The van der Waals surface area contributed by atoms with Crippen LogP contribution in [0.2, 0.25) is 0 Å². The van der Waals surface area contributed by atoms with Gasteiger partial charge in [0.2, 0.25) is 0 Å².